The number of hydrogen-bond donors (Lipinski definition) is 1. The first kappa shape index (κ1) is 13.5. The fourth-order valence-corrected chi connectivity index (χ4v) is 2.40. The van der Waals surface area contributed by atoms with Crippen LogP contribution in [0.5, 0.6) is 5.75 Å². The summed E-state index contributed by atoms with van der Waals surface area (Å²) in [5, 5.41) is 8.65. The zero-order chi connectivity index (χ0) is 14.1. The highest BCUT2D eigenvalue weighted by atomic mass is 35.5. The highest BCUT2D eigenvalue weighted by molar-refractivity contribution is 6.30. The summed E-state index contributed by atoms with van der Waals surface area (Å²) in [5.41, 5.74) is 3.19. The summed E-state index contributed by atoms with van der Waals surface area (Å²) in [6.45, 7) is 2.93. The Balaban J connectivity index is 1.91. The number of aromatic nitrogens is 2. The Morgan fingerprint density at radius 1 is 1.45 bits per heavy atom. The summed E-state index contributed by atoms with van der Waals surface area (Å²) < 4.78 is 7.28. The van der Waals surface area contributed by atoms with Gasteiger partial charge in [0.2, 0.25) is 0 Å². The predicted octanol–water partition coefficient (Wildman–Crippen LogP) is 3.09. The van der Waals surface area contributed by atoms with Crippen LogP contribution in [0, 0.1) is 6.92 Å². The molecule has 20 heavy (non-hydrogen) atoms. The topological polar surface area (TPSA) is 39.1 Å². The maximum absolute atomic E-state index is 6.08. The largest absolute Gasteiger partial charge is 0.494 e. The van der Waals surface area contributed by atoms with Crippen LogP contribution < -0.4 is 10.1 Å². The first-order valence-corrected chi connectivity index (χ1v) is 7.17. The third-order valence-corrected chi connectivity index (χ3v) is 3.87. The van der Waals surface area contributed by atoms with Crippen molar-refractivity contribution in [2.24, 2.45) is 0 Å². The lowest BCUT2D eigenvalue weighted by Crippen LogP contribution is -2.15. The van der Waals surface area contributed by atoms with E-state index in [9.17, 15) is 0 Å². The van der Waals surface area contributed by atoms with Gasteiger partial charge in [0.05, 0.1) is 13.3 Å². The highest BCUT2D eigenvalue weighted by Crippen LogP contribution is 2.28. The molecule has 0 aliphatic heterocycles. The second kappa shape index (κ2) is 5.46. The molecule has 2 aromatic rings. The number of hydrogen-bond acceptors (Lipinski definition) is 3. The minimum Gasteiger partial charge on any atom is -0.494 e. The molecule has 1 N–H and O–H groups in total. The Morgan fingerprint density at radius 2 is 2.25 bits per heavy atom. The van der Waals surface area contributed by atoms with E-state index in [0.717, 1.165) is 23.7 Å². The Bertz CT molecular complexity index is 620. The van der Waals surface area contributed by atoms with Crippen LogP contribution in [0.4, 0.5) is 0 Å². The third-order valence-electron chi connectivity index (χ3n) is 3.64. The van der Waals surface area contributed by atoms with Crippen LogP contribution in [0.3, 0.4) is 0 Å². The maximum Gasteiger partial charge on any atom is 0.144 e. The predicted molar refractivity (Wildman–Crippen MR) is 79.7 cm³/mol. The summed E-state index contributed by atoms with van der Waals surface area (Å²) in [7, 11) is 1.65. The molecule has 0 unspecified atom stereocenters. The Labute approximate surface area is 123 Å². The van der Waals surface area contributed by atoms with Gasteiger partial charge in [-0.1, -0.05) is 11.6 Å². The molecule has 0 saturated heterocycles. The van der Waals surface area contributed by atoms with Gasteiger partial charge in [-0.3, -0.25) is 0 Å². The summed E-state index contributed by atoms with van der Waals surface area (Å²) in [5.74, 6) is 0.766. The van der Waals surface area contributed by atoms with Crippen LogP contribution in [0.2, 0.25) is 5.02 Å². The van der Waals surface area contributed by atoms with Crippen molar-refractivity contribution in [3.8, 4) is 11.4 Å². The van der Waals surface area contributed by atoms with Gasteiger partial charge in [0.1, 0.15) is 11.4 Å². The van der Waals surface area contributed by atoms with E-state index in [-0.39, 0.29) is 0 Å². The van der Waals surface area contributed by atoms with Crippen LogP contribution >= 0.6 is 11.6 Å². The number of nitrogens with zero attached hydrogens (tertiary/aromatic N) is 2. The van der Waals surface area contributed by atoms with Gasteiger partial charge in [-0.2, -0.15) is 5.10 Å². The molecule has 0 radical (unpaired) electrons. The molecule has 1 aliphatic rings. The van der Waals surface area contributed by atoms with Crippen LogP contribution in [0.25, 0.3) is 5.69 Å². The minimum absolute atomic E-state index is 0.674. The number of benzene rings is 1. The molecular formula is C15H18ClN3O. The summed E-state index contributed by atoms with van der Waals surface area (Å²) in [6.07, 6.45) is 4.48. The van der Waals surface area contributed by atoms with Crippen molar-refractivity contribution in [1.29, 1.82) is 0 Å². The summed E-state index contributed by atoms with van der Waals surface area (Å²) in [4.78, 5) is 0. The van der Waals surface area contributed by atoms with Crippen molar-refractivity contribution >= 4 is 11.6 Å². The van der Waals surface area contributed by atoms with Gasteiger partial charge >= 0.3 is 0 Å². The van der Waals surface area contributed by atoms with E-state index in [1.165, 1.54) is 18.4 Å². The SMILES string of the molecule is COc1ccc(Cl)cc1-n1ncc(CNC2CC2)c1C. The number of rotatable bonds is 5. The molecule has 1 fully saturated rings. The third kappa shape index (κ3) is 2.67. The zero-order valence-corrected chi connectivity index (χ0v) is 12.4. The Hall–Kier alpha value is -1.52. The molecule has 0 atom stereocenters. The van der Waals surface area contributed by atoms with Gasteiger partial charge in [0, 0.05) is 28.9 Å². The molecule has 4 nitrogen and oxygen atoms in total. The van der Waals surface area contributed by atoms with E-state index in [0.29, 0.717) is 11.1 Å². The van der Waals surface area contributed by atoms with E-state index >= 15 is 0 Å². The minimum atomic E-state index is 0.674. The average Bonchev–Trinajstić information content (AvgIpc) is 3.20. The van der Waals surface area contributed by atoms with Gasteiger partial charge in [0.15, 0.2) is 0 Å². The normalized spacial score (nSPS) is 14.6. The van der Waals surface area contributed by atoms with Crippen LogP contribution in [-0.4, -0.2) is 22.9 Å². The summed E-state index contributed by atoms with van der Waals surface area (Å²) >= 11 is 6.08. The van der Waals surface area contributed by atoms with Gasteiger partial charge in [-0.05, 0) is 38.0 Å². The zero-order valence-electron chi connectivity index (χ0n) is 11.7. The van der Waals surface area contributed by atoms with Crippen molar-refractivity contribution in [2.75, 3.05) is 7.11 Å². The number of nitrogens with one attached hydrogen (secondary N) is 1. The fourth-order valence-electron chi connectivity index (χ4n) is 2.23. The molecule has 0 bridgehead atoms. The lowest BCUT2D eigenvalue weighted by atomic mass is 10.2. The number of methoxy groups -OCH3 is 1. The molecule has 1 heterocycles. The van der Waals surface area contributed by atoms with Crippen molar-refractivity contribution in [3.63, 3.8) is 0 Å². The molecule has 1 aromatic heterocycles. The van der Waals surface area contributed by atoms with Crippen LogP contribution in [-0.2, 0) is 6.54 Å². The lowest BCUT2D eigenvalue weighted by molar-refractivity contribution is 0.411. The Morgan fingerprint density at radius 3 is 2.95 bits per heavy atom. The lowest BCUT2D eigenvalue weighted by Gasteiger charge is -2.11. The van der Waals surface area contributed by atoms with E-state index in [2.05, 4.69) is 17.3 Å². The van der Waals surface area contributed by atoms with Gasteiger partial charge in [0.25, 0.3) is 0 Å². The molecular weight excluding hydrogens is 274 g/mol. The molecule has 1 saturated carbocycles. The highest BCUT2D eigenvalue weighted by Gasteiger charge is 2.21. The molecule has 0 amide bonds. The van der Waals surface area contributed by atoms with E-state index in [1.54, 1.807) is 7.11 Å². The first-order valence-electron chi connectivity index (χ1n) is 6.80. The van der Waals surface area contributed by atoms with Gasteiger partial charge < -0.3 is 10.1 Å². The first-order chi connectivity index (χ1) is 9.69. The number of ether oxygens (including phenoxy) is 1. The molecule has 3 rings (SSSR count). The summed E-state index contributed by atoms with van der Waals surface area (Å²) in [6, 6.07) is 6.25. The second-order valence-electron chi connectivity index (χ2n) is 5.14. The molecule has 1 aromatic carbocycles. The van der Waals surface area contributed by atoms with Gasteiger partial charge in [-0.15, -0.1) is 0 Å². The number of halogens is 1. The second-order valence-corrected chi connectivity index (χ2v) is 5.57. The van der Waals surface area contributed by atoms with Crippen molar-refractivity contribution in [1.82, 2.24) is 15.1 Å². The van der Waals surface area contributed by atoms with Gasteiger partial charge in [-0.25, -0.2) is 4.68 Å². The monoisotopic (exact) mass is 291 g/mol. The molecule has 1 aliphatic carbocycles. The van der Waals surface area contributed by atoms with E-state index in [4.69, 9.17) is 16.3 Å². The van der Waals surface area contributed by atoms with Crippen molar-refractivity contribution in [3.05, 3.63) is 40.7 Å². The Kier molecular flexibility index (Phi) is 3.68. The molecule has 5 heteroatoms. The average molecular weight is 292 g/mol. The quantitative estimate of drug-likeness (QED) is 0.920. The standard InChI is InChI=1S/C15H18ClN3O/c1-10-11(8-17-13-4-5-13)9-18-19(10)14-7-12(16)3-6-15(14)20-2/h3,6-7,9,13,17H,4-5,8H2,1-2H3. The molecule has 0 spiro atoms. The smallest absolute Gasteiger partial charge is 0.144 e. The van der Waals surface area contributed by atoms with Crippen molar-refractivity contribution in [2.45, 2.75) is 32.4 Å². The fraction of sp³-hybridized carbons (Fsp3) is 0.400. The van der Waals surface area contributed by atoms with E-state index < -0.39 is 0 Å². The van der Waals surface area contributed by atoms with Crippen LogP contribution in [0.15, 0.2) is 24.4 Å². The van der Waals surface area contributed by atoms with Crippen molar-refractivity contribution < 1.29 is 4.74 Å². The van der Waals surface area contributed by atoms with Crippen LogP contribution in [0.1, 0.15) is 24.1 Å². The van der Waals surface area contributed by atoms with E-state index in [1.807, 2.05) is 29.1 Å². The maximum atomic E-state index is 6.08. The molecule has 106 valence electrons.